The number of aliphatic hydroxyl groups is 1. The molecule has 0 bridgehead atoms. The number of aromatic nitrogens is 1. The molecule has 0 aliphatic rings. The SMILES string of the molecule is COCC(C)C(O)Cc1ccncc1. The highest BCUT2D eigenvalue weighted by atomic mass is 16.5. The van der Waals surface area contributed by atoms with Crippen molar-refractivity contribution in [2.75, 3.05) is 13.7 Å². The highest BCUT2D eigenvalue weighted by Gasteiger charge is 2.14. The number of hydrogen-bond donors (Lipinski definition) is 1. The molecule has 0 saturated heterocycles. The lowest BCUT2D eigenvalue weighted by atomic mass is 9.99. The van der Waals surface area contributed by atoms with E-state index in [0.717, 1.165) is 5.56 Å². The fraction of sp³-hybridized carbons (Fsp3) is 0.545. The fourth-order valence-electron chi connectivity index (χ4n) is 1.34. The Morgan fingerprint density at radius 3 is 2.64 bits per heavy atom. The molecule has 1 heterocycles. The summed E-state index contributed by atoms with van der Waals surface area (Å²) in [6.45, 7) is 2.57. The first-order chi connectivity index (χ1) is 6.74. The first-order valence-electron chi connectivity index (χ1n) is 4.80. The number of ether oxygens (including phenoxy) is 1. The van der Waals surface area contributed by atoms with Gasteiger partial charge in [0.25, 0.3) is 0 Å². The average molecular weight is 195 g/mol. The summed E-state index contributed by atoms with van der Waals surface area (Å²) in [4.78, 5) is 3.93. The van der Waals surface area contributed by atoms with E-state index in [0.29, 0.717) is 13.0 Å². The van der Waals surface area contributed by atoms with Crippen LogP contribution in [0.1, 0.15) is 12.5 Å². The summed E-state index contributed by atoms with van der Waals surface area (Å²) in [5.74, 6) is 0.160. The number of rotatable bonds is 5. The second kappa shape index (κ2) is 5.73. The lowest BCUT2D eigenvalue weighted by Gasteiger charge is -2.17. The second-order valence-corrected chi connectivity index (χ2v) is 3.56. The molecule has 0 aliphatic carbocycles. The minimum absolute atomic E-state index is 0.160. The monoisotopic (exact) mass is 195 g/mol. The van der Waals surface area contributed by atoms with Gasteiger partial charge in [0.2, 0.25) is 0 Å². The molecule has 2 atom stereocenters. The number of nitrogens with zero attached hydrogens (tertiary/aromatic N) is 1. The summed E-state index contributed by atoms with van der Waals surface area (Å²) in [7, 11) is 1.65. The Hall–Kier alpha value is -0.930. The van der Waals surface area contributed by atoms with Gasteiger partial charge in [0.1, 0.15) is 0 Å². The van der Waals surface area contributed by atoms with Crippen LogP contribution in [0.25, 0.3) is 0 Å². The lowest BCUT2D eigenvalue weighted by Crippen LogP contribution is -2.24. The third-order valence-corrected chi connectivity index (χ3v) is 2.28. The zero-order chi connectivity index (χ0) is 10.4. The molecule has 1 aromatic rings. The molecule has 14 heavy (non-hydrogen) atoms. The molecule has 1 rings (SSSR count). The van der Waals surface area contributed by atoms with Gasteiger partial charge in [-0.15, -0.1) is 0 Å². The van der Waals surface area contributed by atoms with E-state index in [9.17, 15) is 5.11 Å². The molecule has 1 N–H and O–H groups in total. The predicted octanol–water partition coefficient (Wildman–Crippen LogP) is 1.27. The molecule has 3 heteroatoms. The van der Waals surface area contributed by atoms with Gasteiger partial charge in [-0.25, -0.2) is 0 Å². The van der Waals surface area contributed by atoms with Gasteiger partial charge in [-0.1, -0.05) is 6.92 Å². The lowest BCUT2D eigenvalue weighted by molar-refractivity contribution is 0.0575. The number of aliphatic hydroxyl groups excluding tert-OH is 1. The first kappa shape index (κ1) is 11.1. The third-order valence-electron chi connectivity index (χ3n) is 2.28. The van der Waals surface area contributed by atoms with Crippen LogP contribution in [0.15, 0.2) is 24.5 Å². The summed E-state index contributed by atoms with van der Waals surface area (Å²) < 4.78 is 4.99. The summed E-state index contributed by atoms with van der Waals surface area (Å²) in [6, 6.07) is 3.84. The zero-order valence-corrected chi connectivity index (χ0v) is 8.68. The molecule has 0 fully saturated rings. The Balaban J connectivity index is 2.44. The minimum Gasteiger partial charge on any atom is -0.392 e. The van der Waals surface area contributed by atoms with Gasteiger partial charge in [0.05, 0.1) is 12.7 Å². The number of methoxy groups -OCH3 is 1. The van der Waals surface area contributed by atoms with E-state index < -0.39 is 0 Å². The number of hydrogen-bond acceptors (Lipinski definition) is 3. The molecule has 0 radical (unpaired) electrons. The van der Waals surface area contributed by atoms with Crippen LogP contribution in [0.4, 0.5) is 0 Å². The molecular weight excluding hydrogens is 178 g/mol. The Kier molecular flexibility index (Phi) is 4.56. The van der Waals surface area contributed by atoms with E-state index in [1.807, 2.05) is 19.1 Å². The van der Waals surface area contributed by atoms with Crippen molar-refractivity contribution in [3.05, 3.63) is 30.1 Å². The Labute approximate surface area is 84.7 Å². The van der Waals surface area contributed by atoms with E-state index in [2.05, 4.69) is 4.98 Å². The molecule has 3 nitrogen and oxygen atoms in total. The van der Waals surface area contributed by atoms with E-state index in [1.165, 1.54) is 0 Å². The quantitative estimate of drug-likeness (QED) is 0.769. The molecule has 0 amide bonds. The molecule has 1 aromatic heterocycles. The summed E-state index contributed by atoms with van der Waals surface area (Å²) >= 11 is 0. The standard InChI is InChI=1S/C11H17NO2/c1-9(8-14-2)11(13)7-10-3-5-12-6-4-10/h3-6,9,11,13H,7-8H2,1-2H3. The molecule has 0 saturated carbocycles. The molecular formula is C11H17NO2. The van der Waals surface area contributed by atoms with Crippen molar-refractivity contribution >= 4 is 0 Å². The van der Waals surface area contributed by atoms with Gasteiger partial charge < -0.3 is 9.84 Å². The predicted molar refractivity (Wildman–Crippen MR) is 55.0 cm³/mol. The Morgan fingerprint density at radius 2 is 2.07 bits per heavy atom. The Bertz CT molecular complexity index is 251. The molecule has 0 aromatic carbocycles. The van der Waals surface area contributed by atoms with E-state index in [-0.39, 0.29) is 12.0 Å². The van der Waals surface area contributed by atoms with E-state index in [1.54, 1.807) is 19.5 Å². The van der Waals surface area contributed by atoms with Crippen molar-refractivity contribution in [1.82, 2.24) is 4.98 Å². The third kappa shape index (κ3) is 3.44. The molecule has 78 valence electrons. The highest BCUT2D eigenvalue weighted by molar-refractivity contribution is 5.10. The molecule has 0 spiro atoms. The minimum atomic E-state index is -0.350. The Morgan fingerprint density at radius 1 is 1.43 bits per heavy atom. The smallest absolute Gasteiger partial charge is 0.0628 e. The van der Waals surface area contributed by atoms with Gasteiger partial charge >= 0.3 is 0 Å². The van der Waals surface area contributed by atoms with Crippen molar-refractivity contribution in [3.8, 4) is 0 Å². The maximum Gasteiger partial charge on any atom is 0.0628 e. The molecule has 0 aliphatic heterocycles. The largest absolute Gasteiger partial charge is 0.392 e. The summed E-state index contributed by atoms with van der Waals surface area (Å²) in [6.07, 6.45) is 3.79. The maximum absolute atomic E-state index is 9.80. The summed E-state index contributed by atoms with van der Waals surface area (Å²) in [5.41, 5.74) is 1.11. The van der Waals surface area contributed by atoms with Crippen molar-refractivity contribution in [3.63, 3.8) is 0 Å². The van der Waals surface area contributed by atoms with Crippen LogP contribution < -0.4 is 0 Å². The molecule has 2 unspecified atom stereocenters. The summed E-state index contributed by atoms with van der Waals surface area (Å²) in [5, 5.41) is 9.80. The van der Waals surface area contributed by atoms with Crippen molar-refractivity contribution in [2.24, 2.45) is 5.92 Å². The van der Waals surface area contributed by atoms with Crippen LogP contribution in [0.5, 0.6) is 0 Å². The highest BCUT2D eigenvalue weighted by Crippen LogP contribution is 2.09. The van der Waals surface area contributed by atoms with Gasteiger partial charge in [-0.05, 0) is 24.1 Å². The van der Waals surface area contributed by atoms with Crippen molar-refractivity contribution in [2.45, 2.75) is 19.4 Å². The first-order valence-corrected chi connectivity index (χ1v) is 4.80. The average Bonchev–Trinajstić information content (AvgIpc) is 2.19. The van der Waals surface area contributed by atoms with Crippen LogP contribution in [-0.4, -0.2) is 29.9 Å². The van der Waals surface area contributed by atoms with Crippen LogP contribution in [0, 0.1) is 5.92 Å². The van der Waals surface area contributed by atoms with Crippen LogP contribution in [-0.2, 0) is 11.2 Å². The zero-order valence-electron chi connectivity index (χ0n) is 8.68. The van der Waals surface area contributed by atoms with Crippen molar-refractivity contribution in [1.29, 1.82) is 0 Å². The van der Waals surface area contributed by atoms with Gasteiger partial charge in [0.15, 0.2) is 0 Å². The van der Waals surface area contributed by atoms with E-state index in [4.69, 9.17) is 4.74 Å². The maximum atomic E-state index is 9.80. The van der Waals surface area contributed by atoms with E-state index >= 15 is 0 Å². The second-order valence-electron chi connectivity index (χ2n) is 3.56. The topological polar surface area (TPSA) is 42.4 Å². The van der Waals surface area contributed by atoms with Crippen LogP contribution >= 0.6 is 0 Å². The normalized spacial score (nSPS) is 15.1. The van der Waals surface area contributed by atoms with Gasteiger partial charge in [-0.3, -0.25) is 4.98 Å². The van der Waals surface area contributed by atoms with Crippen LogP contribution in [0.3, 0.4) is 0 Å². The van der Waals surface area contributed by atoms with Gasteiger partial charge in [-0.2, -0.15) is 0 Å². The van der Waals surface area contributed by atoms with Gasteiger partial charge in [0, 0.05) is 25.4 Å². The number of pyridine rings is 1. The van der Waals surface area contributed by atoms with Crippen molar-refractivity contribution < 1.29 is 9.84 Å². The fourth-order valence-corrected chi connectivity index (χ4v) is 1.34. The van der Waals surface area contributed by atoms with Crippen LogP contribution in [0.2, 0.25) is 0 Å².